The molecule has 0 bridgehead atoms. The number of aryl methyl sites for hydroxylation is 1. The minimum atomic E-state index is -4.26. The van der Waals surface area contributed by atoms with Gasteiger partial charge in [0, 0.05) is 23.5 Å². The molecule has 0 unspecified atom stereocenters. The van der Waals surface area contributed by atoms with Gasteiger partial charge in [-0.05, 0) is 75.2 Å². The van der Waals surface area contributed by atoms with Gasteiger partial charge < -0.3 is 15.0 Å². The molecule has 8 nitrogen and oxygen atoms in total. The van der Waals surface area contributed by atoms with Crippen LogP contribution in [0.3, 0.4) is 0 Å². The summed E-state index contributed by atoms with van der Waals surface area (Å²) >= 11 is 6.16. The second-order valence-corrected chi connectivity index (χ2v) is 14.4. The van der Waals surface area contributed by atoms with E-state index in [0.717, 1.165) is 21.0 Å². The summed E-state index contributed by atoms with van der Waals surface area (Å²) in [5.41, 5.74) is 2.08. The van der Waals surface area contributed by atoms with Gasteiger partial charge in [0.2, 0.25) is 11.8 Å². The lowest BCUT2D eigenvalue weighted by Gasteiger charge is -2.35. The average molecular weight is 662 g/mol. The van der Waals surface area contributed by atoms with Crippen LogP contribution in [0.5, 0.6) is 5.75 Å². The quantitative estimate of drug-likeness (QED) is 0.189. The maximum absolute atomic E-state index is 14.6. The van der Waals surface area contributed by atoms with Gasteiger partial charge in [0.15, 0.2) is 0 Å². The number of amides is 2. The SMILES string of the molecule is COc1ccccc1N(CC(=O)N(Cc1ccc(Cl)cc1)[C@@H](Cc1ccccc1)C(=O)NC(C)(C)C)S(=O)(=O)c1ccc(C)cc1. The first-order valence-electron chi connectivity index (χ1n) is 14.9. The van der Waals surface area contributed by atoms with E-state index in [1.54, 1.807) is 60.7 Å². The monoisotopic (exact) mass is 661 g/mol. The highest BCUT2D eigenvalue weighted by molar-refractivity contribution is 7.92. The number of carbonyl (C=O) groups excluding carboxylic acids is 2. The Balaban J connectivity index is 1.84. The van der Waals surface area contributed by atoms with Crippen molar-refractivity contribution >= 4 is 39.1 Å². The Labute approximate surface area is 277 Å². The van der Waals surface area contributed by atoms with Crippen molar-refractivity contribution in [3.05, 3.63) is 125 Å². The Morgan fingerprint density at radius 1 is 0.848 bits per heavy atom. The van der Waals surface area contributed by atoms with E-state index in [-0.39, 0.29) is 35.2 Å². The number of hydrogen-bond acceptors (Lipinski definition) is 5. The van der Waals surface area contributed by atoms with Gasteiger partial charge in [-0.3, -0.25) is 13.9 Å². The minimum Gasteiger partial charge on any atom is -0.495 e. The van der Waals surface area contributed by atoms with E-state index in [2.05, 4.69) is 5.32 Å². The lowest BCUT2D eigenvalue weighted by molar-refractivity contribution is -0.140. The van der Waals surface area contributed by atoms with Crippen LogP contribution in [0.25, 0.3) is 0 Å². The van der Waals surface area contributed by atoms with Crippen LogP contribution >= 0.6 is 11.6 Å². The van der Waals surface area contributed by atoms with E-state index in [0.29, 0.717) is 5.02 Å². The maximum atomic E-state index is 14.6. The molecule has 0 saturated carbocycles. The van der Waals surface area contributed by atoms with Gasteiger partial charge in [-0.2, -0.15) is 0 Å². The highest BCUT2D eigenvalue weighted by Crippen LogP contribution is 2.33. The second kappa shape index (κ2) is 14.8. The number of carbonyl (C=O) groups is 2. The van der Waals surface area contributed by atoms with Gasteiger partial charge in [0.1, 0.15) is 18.3 Å². The molecule has 242 valence electrons. The number of sulfonamides is 1. The van der Waals surface area contributed by atoms with Crippen LogP contribution in [0.4, 0.5) is 5.69 Å². The number of rotatable bonds is 12. The third-order valence-electron chi connectivity index (χ3n) is 7.28. The smallest absolute Gasteiger partial charge is 0.264 e. The van der Waals surface area contributed by atoms with Crippen LogP contribution in [0.2, 0.25) is 5.02 Å². The van der Waals surface area contributed by atoms with Crippen LogP contribution in [0, 0.1) is 6.92 Å². The van der Waals surface area contributed by atoms with E-state index < -0.39 is 34.1 Å². The third-order valence-corrected chi connectivity index (χ3v) is 9.30. The third kappa shape index (κ3) is 8.89. The van der Waals surface area contributed by atoms with Crippen molar-refractivity contribution in [3.8, 4) is 5.75 Å². The first-order chi connectivity index (χ1) is 21.8. The predicted molar refractivity (Wildman–Crippen MR) is 183 cm³/mol. The number of methoxy groups -OCH3 is 1. The fraction of sp³-hybridized carbons (Fsp3) is 0.278. The van der Waals surface area contributed by atoms with Crippen LogP contribution in [-0.2, 0) is 32.6 Å². The summed E-state index contributed by atoms with van der Waals surface area (Å²) in [5, 5.41) is 3.56. The predicted octanol–water partition coefficient (Wildman–Crippen LogP) is 6.41. The first-order valence-corrected chi connectivity index (χ1v) is 16.7. The lowest BCUT2D eigenvalue weighted by atomic mass is 10.0. The number of nitrogens with one attached hydrogen (secondary N) is 1. The standard InChI is InChI=1S/C36H40ClN3O5S/c1-26-15-21-30(22-16-26)46(43,44)40(31-13-9-10-14-33(31)45-5)25-34(41)39(24-28-17-19-29(37)20-18-28)32(35(42)38-36(2,3)4)23-27-11-7-6-8-12-27/h6-22,32H,23-25H2,1-5H3,(H,38,42)/t32-/m0/s1. The molecule has 4 aromatic rings. The topological polar surface area (TPSA) is 96.0 Å². The Morgan fingerprint density at radius 2 is 1.46 bits per heavy atom. The van der Waals surface area contributed by atoms with Gasteiger partial charge in [-0.25, -0.2) is 8.42 Å². The summed E-state index contributed by atoms with van der Waals surface area (Å²) in [6, 6.07) is 28.5. The largest absolute Gasteiger partial charge is 0.495 e. The molecular formula is C36H40ClN3O5S. The van der Waals surface area contributed by atoms with Crippen LogP contribution < -0.4 is 14.4 Å². The van der Waals surface area contributed by atoms with E-state index >= 15 is 0 Å². The van der Waals surface area contributed by atoms with Crippen LogP contribution in [0.1, 0.15) is 37.5 Å². The molecule has 1 N–H and O–H groups in total. The lowest BCUT2D eigenvalue weighted by Crippen LogP contribution is -2.56. The molecule has 0 aromatic heterocycles. The van der Waals surface area contributed by atoms with Crippen molar-refractivity contribution in [3.63, 3.8) is 0 Å². The molecule has 2 amide bonds. The highest BCUT2D eigenvalue weighted by Gasteiger charge is 2.36. The van der Waals surface area contributed by atoms with E-state index in [1.165, 1.54) is 24.1 Å². The van der Waals surface area contributed by atoms with Crippen LogP contribution in [0.15, 0.2) is 108 Å². The van der Waals surface area contributed by atoms with E-state index in [1.807, 2.05) is 58.0 Å². The molecule has 4 aromatic carbocycles. The molecule has 1 atom stereocenters. The summed E-state index contributed by atoms with van der Waals surface area (Å²) < 4.78 is 35.1. The number of benzene rings is 4. The summed E-state index contributed by atoms with van der Waals surface area (Å²) in [6.07, 6.45) is 0.210. The highest BCUT2D eigenvalue weighted by atomic mass is 35.5. The molecule has 10 heteroatoms. The Hall–Kier alpha value is -4.34. The number of para-hydroxylation sites is 2. The zero-order valence-electron chi connectivity index (χ0n) is 26.7. The van der Waals surface area contributed by atoms with Gasteiger partial charge in [-0.1, -0.05) is 83.9 Å². The zero-order valence-corrected chi connectivity index (χ0v) is 28.3. The second-order valence-electron chi connectivity index (χ2n) is 12.1. The Kier molecular flexibility index (Phi) is 11.1. The number of halogens is 1. The fourth-order valence-corrected chi connectivity index (χ4v) is 6.53. The average Bonchev–Trinajstić information content (AvgIpc) is 3.02. The van der Waals surface area contributed by atoms with Crippen molar-refractivity contribution < 1.29 is 22.7 Å². The van der Waals surface area contributed by atoms with Crippen molar-refractivity contribution in [1.29, 1.82) is 0 Å². The molecule has 0 fully saturated rings. The number of anilines is 1. The maximum Gasteiger partial charge on any atom is 0.264 e. The van der Waals surface area contributed by atoms with E-state index in [4.69, 9.17) is 16.3 Å². The van der Waals surface area contributed by atoms with Gasteiger partial charge in [0.25, 0.3) is 10.0 Å². The normalized spacial score (nSPS) is 12.2. The van der Waals surface area contributed by atoms with Crippen LogP contribution in [-0.4, -0.2) is 50.4 Å². The molecule has 4 rings (SSSR count). The van der Waals surface area contributed by atoms with Crippen molar-refractivity contribution in [1.82, 2.24) is 10.2 Å². The first kappa shape index (κ1) is 34.5. The summed E-state index contributed by atoms with van der Waals surface area (Å²) in [5.74, 6) is -0.646. The molecule has 0 spiro atoms. The van der Waals surface area contributed by atoms with Crippen molar-refractivity contribution in [2.24, 2.45) is 0 Å². The van der Waals surface area contributed by atoms with Gasteiger partial charge >= 0.3 is 0 Å². The molecule has 0 saturated heterocycles. The molecule has 0 aliphatic carbocycles. The summed E-state index contributed by atoms with van der Waals surface area (Å²) in [4.78, 5) is 30.1. The van der Waals surface area contributed by atoms with Gasteiger partial charge in [-0.15, -0.1) is 0 Å². The molecular weight excluding hydrogens is 622 g/mol. The molecule has 0 aliphatic heterocycles. The van der Waals surface area contributed by atoms with E-state index in [9.17, 15) is 18.0 Å². The Bertz CT molecular complexity index is 1740. The zero-order chi connectivity index (χ0) is 33.5. The van der Waals surface area contributed by atoms with Crippen molar-refractivity contribution in [2.45, 2.75) is 57.1 Å². The number of ether oxygens (including phenoxy) is 1. The molecule has 0 heterocycles. The Morgan fingerprint density at radius 3 is 2.07 bits per heavy atom. The van der Waals surface area contributed by atoms with Gasteiger partial charge in [0.05, 0.1) is 17.7 Å². The molecule has 0 aliphatic rings. The van der Waals surface area contributed by atoms with Crippen molar-refractivity contribution in [2.75, 3.05) is 18.0 Å². The number of hydrogen-bond donors (Lipinski definition) is 1. The molecule has 46 heavy (non-hydrogen) atoms. The number of nitrogens with zero attached hydrogens (tertiary/aromatic N) is 2. The fourth-order valence-electron chi connectivity index (χ4n) is 4.98. The summed E-state index contributed by atoms with van der Waals surface area (Å²) in [6.45, 7) is 6.92. The summed E-state index contributed by atoms with van der Waals surface area (Å²) in [7, 11) is -2.81. The minimum absolute atomic E-state index is 0.0207. The molecule has 0 radical (unpaired) electrons.